The van der Waals surface area contributed by atoms with Gasteiger partial charge in [-0.15, -0.1) is 0 Å². The van der Waals surface area contributed by atoms with E-state index in [0.29, 0.717) is 0 Å². The molecule has 13 aromatic rings. The number of para-hydroxylation sites is 2. The number of fused-ring (bicyclic) bond motifs is 24. The van der Waals surface area contributed by atoms with Crippen molar-refractivity contribution >= 4 is 122 Å². The summed E-state index contributed by atoms with van der Waals surface area (Å²) in [6.07, 6.45) is 0. The van der Waals surface area contributed by atoms with Crippen LogP contribution in [0.2, 0.25) is 0 Å². The van der Waals surface area contributed by atoms with Gasteiger partial charge in [0.05, 0.1) is 33.0 Å². The number of imidazole rings is 2. The van der Waals surface area contributed by atoms with Crippen LogP contribution in [0.3, 0.4) is 0 Å². The molecule has 2 aliphatic heterocycles. The molecule has 0 saturated carbocycles. The topological polar surface area (TPSA) is 45.0 Å². The fraction of sp³-hybridized carbons (Fsp3) is 0.0800. The lowest BCUT2D eigenvalue weighted by molar-refractivity contribution is 0.669. The van der Waals surface area contributed by atoms with Crippen molar-refractivity contribution in [2.24, 2.45) is 0 Å². The summed E-state index contributed by atoms with van der Waals surface area (Å²) in [4.78, 5) is 0. The largest absolute Gasteiger partial charge is 0.456 e. The maximum Gasteiger partial charge on any atom is 0.258 e. The Balaban J connectivity index is 1.24. The second-order valence-corrected chi connectivity index (χ2v) is 16.6. The van der Waals surface area contributed by atoms with Gasteiger partial charge in [-0.2, -0.15) is 0 Å². The zero-order chi connectivity index (χ0) is 37.3. The van der Waals surface area contributed by atoms with Crippen LogP contribution >= 0.6 is 0 Å². The lowest BCUT2D eigenvalue weighted by Gasteiger charge is -2.31. The van der Waals surface area contributed by atoms with Crippen LogP contribution in [0.5, 0.6) is 0 Å². The van der Waals surface area contributed by atoms with Gasteiger partial charge in [-0.1, -0.05) is 66.7 Å². The molecule has 0 amide bonds. The summed E-state index contributed by atoms with van der Waals surface area (Å²) >= 11 is 0. The molecular weight excluding hydrogens is 699 g/mol. The van der Waals surface area contributed by atoms with Crippen LogP contribution in [0.4, 0.5) is 0 Å². The molecule has 0 N–H and O–H groups in total. The maximum atomic E-state index is 6.88. The molecule has 8 heterocycles. The van der Waals surface area contributed by atoms with Crippen LogP contribution in [0.1, 0.15) is 22.3 Å². The highest BCUT2D eigenvalue weighted by Crippen LogP contribution is 2.45. The van der Waals surface area contributed by atoms with E-state index in [2.05, 4.69) is 161 Å². The molecule has 2 aliphatic rings. The Kier molecular flexibility index (Phi) is 4.76. The summed E-state index contributed by atoms with van der Waals surface area (Å²) < 4.78 is 23.7. The van der Waals surface area contributed by atoms with Gasteiger partial charge in [0.25, 0.3) is 6.71 Å². The normalized spacial score (nSPS) is 13.6. The highest BCUT2D eigenvalue weighted by atomic mass is 16.3. The molecule has 0 radical (unpaired) electrons. The molecule has 0 spiro atoms. The number of nitrogens with zero attached hydrogens (tertiary/aromatic N) is 4. The van der Waals surface area contributed by atoms with Gasteiger partial charge in [-0.05, 0) is 126 Å². The van der Waals surface area contributed by atoms with Gasteiger partial charge >= 0.3 is 0 Å². The number of hydrogen-bond acceptors (Lipinski definition) is 2. The molecule has 266 valence electrons. The molecule has 0 atom stereocenters. The molecule has 0 fully saturated rings. The Morgan fingerprint density at radius 2 is 1.04 bits per heavy atom. The predicted molar refractivity (Wildman–Crippen MR) is 235 cm³/mol. The first-order valence-corrected chi connectivity index (χ1v) is 19.9. The second-order valence-electron chi connectivity index (χ2n) is 16.6. The first kappa shape index (κ1) is 29.2. The van der Waals surface area contributed by atoms with Gasteiger partial charge in [-0.25, -0.2) is 0 Å². The van der Waals surface area contributed by atoms with E-state index in [0.717, 1.165) is 54.9 Å². The monoisotopic (exact) mass is 730 g/mol. The molecule has 0 aliphatic carbocycles. The van der Waals surface area contributed by atoms with Crippen molar-refractivity contribution in [2.75, 3.05) is 0 Å². The van der Waals surface area contributed by atoms with Crippen molar-refractivity contribution in [3.8, 4) is 11.4 Å². The number of hydrogen-bond donors (Lipinski definition) is 0. The van der Waals surface area contributed by atoms with Gasteiger partial charge in [0, 0.05) is 27.5 Å². The van der Waals surface area contributed by atoms with E-state index in [-0.39, 0.29) is 6.71 Å². The van der Waals surface area contributed by atoms with Crippen molar-refractivity contribution < 1.29 is 8.83 Å². The maximum absolute atomic E-state index is 6.88. The zero-order valence-corrected chi connectivity index (χ0v) is 31.7. The van der Waals surface area contributed by atoms with E-state index in [1.165, 1.54) is 94.2 Å². The van der Waals surface area contributed by atoms with Gasteiger partial charge < -0.3 is 8.83 Å². The molecule has 6 aromatic heterocycles. The number of benzene rings is 7. The zero-order valence-electron chi connectivity index (χ0n) is 31.7. The lowest BCUT2D eigenvalue weighted by atomic mass is 9.34. The van der Waals surface area contributed by atoms with Crippen LogP contribution in [0.15, 0.2) is 124 Å². The molecule has 6 nitrogen and oxygen atoms in total. The van der Waals surface area contributed by atoms with Crippen molar-refractivity contribution in [3.05, 3.63) is 138 Å². The Hall–Kier alpha value is -7.12. The summed E-state index contributed by atoms with van der Waals surface area (Å²) in [5.74, 6) is 0. The standard InChI is InChI=1S/C50H31BN4O2/c1-24-16-18-31-42-50-53(47-36(54(50)44(31)26(24)3)21-20-29-28-10-5-7-14-37(28)57-48(29)47)34-13-9-12-33-43(34)51(42)41-32-19-17-25(2)27(4)45(32)55-46-35(52(33)49(41)55)22-23-39-40(46)30-11-6-8-15-38(30)56-39/h5-23H,1-4H3. The number of aryl methyl sites for hydroxylation is 4. The Morgan fingerprint density at radius 3 is 1.79 bits per heavy atom. The molecule has 7 heteroatoms. The Morgan fingerprint density at radius 1 is 0.421 bits per heavy atom. The first-order chi connectivity index (χ1) is 28.0. The summed E-state index contributed by atoms with van der Waals surface area (Å²) in [6, 6.07) is 42.4. The van der Waals surface area contributed by atoms with E-state index in [9.17, 15) is 0 Å². The molecule has 0 bridgehead atoms. The summed E-state index contributed by atoms with van der Waals surface area (Å²) in [6.45, 7) is 9.07. The van der Waals surface area contributed by atoms with E-state index < -0.39 is 0 Å². The average Bonchev–Trinajstić information content (AvgIpc) is 4.07. The highest BCUT2D eigenvalue weighted by molar-refractivity contribution is 7.02. The Labute approximate surface area is 324 Å². The Bertz CT molecular complexity index is 4100. The van der Waals surface area contributed by atoms with Gasteiger partial charge in [0.15, 0.2) is 5.58 Å². The van der Waals surface area contributed by atoms with Crippen LogP contribution in [0.25, 0.3) is 110 Å². The SMILES string of the molecule is Cc1ccc2c3c4n(c5c6oc7ccccc7c6ccc5n4c2c1C)-c1cccc2c1B3c1c3ccc(C)c(C)c3n3c4c5c(ccc4n-2c13)oc1ccccc15. The number of aromatic nitrogens is 4. The quantitative estimate of drug-likeness (QED) is 0.146. The fourth-order valence-corrected chi connectivity index (χ4v) is 11.5. The van der Waals surface area contributed by atoms with Gasteiger partial charge in [0.1, 0.15) is 33.6 Å². The molecular formula is C50H31BN4O2. The molecule has 15 rings (SSSR count). The van der Waals surface area contributed by atoms with E-state index in [4.69, 9.17) is 8.83 Å². The summed E-state index contributed by atoms with van der Waals surface area (Å²) in [7, 11) is 0. The smallest absolute Gasteiger partial charge is 0.258 e. The number of rotatable bonds is 0. The summed E-state index contributed by atoms with van der Waals surface area (Å²) in [5.41, 5.74) is 25.0. The second kappa shape index (κ2) is 9.28. The third kappa shape index (κ3) is 3.01. The molecule has 57 heavy (non-hydrogen) atoms. The molecule has 7 aromatic carbocycles. The van der Waals surface area contributed by atoms with E-state index >= 15 is 0 Å². The third-order valence-corrected chi connectivity index (χ3v) is 14.1. The minimum atomic E-state index is -0.0169. The van der Waals surface area contributed by atoms with Crippen molar-refractivity contribution in [1.29, 1.82) is 0 Å². The van der Waals surface area contributed by atoms with Crippen LogP contribution in [0, 0.1) is 27.7 Å². The minimum absolute atomic E-state index is 0.0169. The first-order valence-electron chi connectivity index (χ1n) is 19.9. The van der Waals surface area contributed by atoms with Crippen molar-refractivity contribution in [2.45, 2.75) is 27.7 Å². The summed E-state index contributed by atoms with van der Waals surface area (Å²) in [5, 5.41) is 7.20. The van der Waals surface area contributed by atoms with Crippen molar-refractivity contribution in [1.82, 2.24) is 17.9 Å². The third-order valence-electron chi connectivity index (χ3n) is 14.1. The molecule has 0 saturated heterocycles. The highest BCUT2D eigenvalue weighted by Gasteiger charge is 2.46. The van der Waals surface area contributed by atoms with Gasteiger partial charge in [-0.3, -0.25) is 17.9 Å². The predicted octanol–water partition coefficient (Wildman–Crippen LogP) is 10.6. The van der Waals surface area contributed by atoms with Crippen LogP contribution in [-0.2, 0) is 0 Å². The average molecular weight is 731 g/mol. The number of furan rings is 2. The van der Waals surface area contributed by atoms with E-state index in [1.807, 2.05) is 0 Å². The van der Waals surface area contributed by atoms with Crippen LogP contribution in [-0.4, -0.2) is 24.6 Å². The van der Waals surface area contributed by atoms with Crippen molar-refractivity contribution in [3.63, 3.8) is 0 Å². The molecule has 0 unspecified atom stereocenters. The van der Waals surface area contributed by atoms with Crippen LogP contribution < -0.4 is 16.4 Å². The lowest BCUT2D eigenvalue weighted by Crippen LogP contribution is -2.59. The van der Waals surface area contributed by atoms with Gasteiger partial charge in [0.2, 0.25) is 0 Å². The fourth-order valence-electron chi connectivity index (χ4n) is 11.5. The van der Waals surface area contributed by atoms with E-state index in [1.54, 1.807) is 0 Å². The minimum Gasteiger partial charge on any atom is -0.456 e.